The summed E-state index contributed by atoms with van der Waals surface area (Å²) in [5.74, 6) is -0.439. The van der Waals surface area contributed by atoms with Gasteiger partial charge in [-0.3, -0.25) is 19.4 Å². The zero-order valence-corrected chi connectivity index (χ0v) is 18.0. The van der Waals surface area contributed by atoms with Crippen LogP contribution in [0.4, 0.5) is 0 Å². The standard InChI is InChI=1S/C22H27N5O5/c1-14-4-2-6-27-19(14)25-20-17(22(27)30)12-16(18(23)26(20)7-10-31-11-8-28)21(29)24-13-15-5-3-9-32-15/h2,4,6,12,15,23,28H,3,5,7-11,13H2,1H3,(H,24,29). The highest BCUT2D eigenvalue weighted by Crippen LogP contribution is 2.14. The third kappa shape index (κ3) is 4.29. The molecule has 32 heavy (non-hydrogen) atoms. The van der Waals surface area contributed by atoms with Crippen LogP contribution in [-0.4, -0.2) is 64.0 Å². The molecule has 3 N–H and O–H groups in total. The van der Waals surface area contributed by atoms with Crippen molar-refractivity contribution in [2.24, 2.45) is 0 Å². The number of hydrogen-bond donors (Lipinski definition) is 3. The van der Waals surface area contributed by atoms with Gasteiger partial charge in [-0.15, -0.1) is 0 Å². The molecular formula is C22H27N5O5. The molecular weight excluding hydrogens is 414 g/mol. The van der Waals surface area contributed by atoms with Gasteiger partial charge in [0, 0.05) is 25.9 Å². The normalized spacial score (nSPS) is 16.1. The summed E-state index contributed by atoms with van der Waals surface area (Å²) in [5, 5.41) is 20.7. The zero-order valence-electron chi connectivity index (χ0n) is 18.0. The summed E-state index contributed by atoms with van der Waals surface area (Å²) < 4.78 is 13.9. The number of nitrogens with one attached hydrogen (secondary N) is 2. The van der Waals surface area contributed by atoms with Crippen LogP contribution in [-0.2, 0) is 16.0 Å². The molecule has 0 aromatic carbocycles. The van der Waals surface area contributed by atoms with Crippen molar-refractivity contribution in [3.05, 3.63) is 51.4 Å². The Morgan fingerprint density at radius 1 is 1.41 bits per heavy atom. The summed E-state index contributed by atoms with van der Waals surface area (Å²) in [6.45, 7) is 3.34. The Bertz CT molecular complexity index is 1260. The van der Waals surface area contributed by atoms with Crippen LogP contribution >= 0.6 is 0 Å². The number of aryl methyl sites for hydroxylation is 1. The van der Waals surface area contributed by atoms with Crippen LogP contribution < -0.4 is 16.4 Å². The number of amides is 1. The maximum Gasteiger partial charge on any atom is 0.267 e. The lowest BCUT2D eigenvalue weighted by Crippen LogP contribution is -2.38. The summed E-state index contributed by atoms with van der Waals surface area (Å²) in [4.78, 5) is 30.8. The number of pyridine rings is 2. The lowest BCUT2D eigenvalue weighted by Gasteiger charge is -2.16. The molecule has 1 fully saturated rings. The second-order valence-electron chi connectivity index (χ2n) is 7.78. The molecule has 1 saturated heterocycles. The summed E-state index contributed by atoms with van der Waals surface area (Å²) >= 11 is 0. The van der Waals surface area contributed by atoms with Crippen LogP contribution in [0.5, 0.6) is 0 Å². The number of fused-ring (bicyclic) bond motifs is 2. The van der Waals surface area contributed by atoms with Crippen LogP contribution in [0.15, 0.2) is 29.2 Å². The van der Waals surface area contributed by atoms with Gasteiger partial charge in [0.05, 0.1) is 36.9 Å². The van der Waals surface area contributed by atoms with Gasteiger partial charge in [-0.25, -0.2) is 4.98 Å². The van der Waals surface area contributed by atoms with Gasteiger partial charge in [0.25, 0.3) is 11.5 Å². The van der Waals surface area contributed by atoms with E-state index in [1.807, 2.05) is 13.0 Å². The van der Waals surface area contributed by atoms with Crippen LogP contribution in [0.25, 0.3) is 16.7 Å². The maximum absolute atomic E-state index is 13.3. The molecule has 1 aliphatic heterocycles. The van der Waals surface area contributed by atoms with Gasteiger partial charge in [-0.05, 0) is 37.5 Å². The van der Waals surface area contributed by atoms with E-state index in [2.05, 4.69) is 10.3 Å². The third-order valence-electron chi connectivity index (χ3n) is 5.59. The van der Waals surface area contributed by atoms with Crippen molar-refractivity contribution in [3.8, 4) is 0 Å². The predicted molar refractivity (Wildman–Crippen MR) is 117 cm³/mol. The fourth-order valence-corrected chi connectivity index (χ4v) is 3.92. The van der Waals surface area contributed by atoms with Crippen molar-refractivity contribution < 1.29 is 19.4 Å². The summed E-state index contributed by atoms with van der Waals surface area (Å²) in [6.07, 6.45) is 3.44. The molecule has 0 radical (unpaired) electrons. The van der Waals surface area contributed by atoms with Gasteiger partial charge in [0.15, 0.2) is 0 Å². The first kappa shape index (κ1) is 22.1. The van der Waals surface area contributed by atoms with Gasteiger partial charge in [0.1, 0.15) is 16.8 Å². The van der Waals surface area contributed by atoms with E-state index in [-0.39, 0.29) is 54.5 Å². The SMILES string of the molecule is Cc1cccn2c(=O)c3cc(C(=O)NCC4CCCO4)c(=N)n(CCOCCO)c3nc12. The fraction of sp³-hybridized carbons (Fsp3) is 0.455. The first-order chi connectivity index (χ1) is 15.5. The number of carbonyl (C=O) groups is 1. The quantitative estimate of drug-likeness (QED) is 0.342. The number of aliphatic hydroxyl groups excluding tert-OH is 1. The molecule has 0 saturated carbocycles. The van der Waals surface area contributed by atoms with E-state index in [0.717, 1.165) is 18.4 Å². The molecule has 3 aromatic heterocycles. The molecule has 4 rings (SSSR count). The molecule has 1 atom stereocenters. The van der Waals surface area contributed by atoms with Crippen LogP contribution in [0, 0.1) is 12.3 Å². The molecule has 0 spiro atoms. The Morgan fingerprint density at radius 2 is 2.25 bits per heavy atom. The fourth-order valence-electron chi connectivity index (χ4n) is 3.92. The monoisotopic (exact) mass is 441 g/mol. The van der Waals surface area contributed by atoms with Crippen molar-refractivity contribution in [3.63, 3.8) is 0 Å². The Morgan fingerprint density at radius 3 is 3.00 bits per heavy atom. The lowest BCUT2D eigenvalue weighted by atomic mass is 10.1. The summed E-state index contributed by atoms with van der Waals surface area (Å²) in [5.41, 5.74) is 1.35. The van der Waals surface area contributed by atoms with Crippen LogP contribution in [0.1, 0.15) is 28.8 Å². The first-order valence-electron chi connectivity index (χ1n) is 10.7. The third-order valence-corrected chi connectivity index (χ3v) is 5.59. The van der Waals surface area contributed by atoms with E-state index in [1.165, 1.54) is 15.0 Å². The van der Waals surface area contributed by atoms with E-state index in [1.54, 1.807) is 12.3 Å². The average Bonchev–Trinajstić information content (AvgIpc) is 3.31. The number of hydrogen-bond acceptors (Lipinski definition) is 7. The Hall–Kier alpha value is -3.08. The molecule has 4 heterocycles. The maximum atomic E-state index is 13.3. The Balaban J connectivity index is 1.81. The molecule has 0 bridgehead atoms. The Kier molecular flexibility index (Phi) is 6.63. The largest absolute Gasteiger partial charge is 0.394 e. The van der Waals surface area contributed by atoms with E-state index >= 15 is 0 Å². The zero-order chi connectivity index (χ0) is 22.7. The minimum absolute atomic E-state index is 0.0354. The lowest BCUT2D eigenvalue weighted by molar-refractivity contribution is 0.0846. The number of nitrogens with zero attached hydrogens (tertiary/aromatic N) is 3. The van der Waals surface area contributed by atoms with Gasteiger partial charge in [0.2, 0.25) is 0 Å². The molecule has 170 valence electrons. The minimum atomic E-state index is -0.439. The van der Waals surface area contributed by atoms with Crippen LogP contribution in [0.3, 0.4) is 0 Å². The molecule has 10 nitrogen and oxygen atoms in total. The smallest absolute Gasteiger partial charge is 0.267 e. The van der Waals surface area contributed by atoms with E-state index in [4.69, 9.17) is 20.0 Å². The number of carbonyl (C=O) groups excluding carboxylic acids is 1. The topological polar surface area (TPSA) is 131 Å². The number of rotatable bonds is 8. The highest BCUT2D eigenvalue weighted by molar-refractivity contribution is 5.96. The minimum Gasteiger partial charge on any atom is -0.394 e. The molecule has 0 aliphatic carbocycles. The van der Waals surface area contributed by atoms with E-state index in [0.29, 0.717) is 24.4 Å². The highest BCUT2D eigenvalue weighted by Gasteiger charge is 2.20. The molecule has 1 aliphatic rings. The number of aliphatic hydroxyl groups is 1. The molecule has 1 amide bonds. The second-order valence-corrected chi connectivity index (χ2v) is 7.78. The highest BCUT2D eigenvalue weighted by atomic mass is 16.5. The number of ether oxygens (including phenoxy) is 2. The van der Waals surface area contributed by atoms with E-state index < -0.39 is 5.91 Å². The number of aromatic nitrogens is 3. The van der Waals surface area contributed by atoms with Crippen LogP contribution in [0.2, 0.25) is 0 Å². The van der Waals surface area contributed by atoms with Gasteiger partial charge in [-0.1, -0.05) is 6.07 Å². The molecule has 10 heteroatoms. The first-order valence-corrected chi connectivity index (χ1v) is 10.7. The van der Waals surface area contributed by atoms with Crippen molar-refractivity contribution in [2.75, 3.05) is 33.0 Å². The van der Waals surface area contributed by atoms with Crippen molar-refractivity contribution in [2.45, 2.75) is 32.4 Å². The van der Waals surface area contributed by atoms with Crippen molar-refractivity contribution >= 4 is 22.6 Å². The average molecular weight is 441 g/mol. The summed E-state index contributed by atoms with van der Waals surface area (Å²) in [6, 6.07) is 5.07. The molecule has 3 aromatic rings. The summed E-state index contributed by atoms with van der Waals surface area (Å²) in [7, 11) is 0. The second kappa shape index (κ2) is 9.60. The van der Waals surface area contributed by atoms with Crippen molar-refractivity contribution in [1.29, 1.82) is 5.41 Å². The van der Waals surface area contributed by atoms with Gasteiger partial charge in [-0.2, -0.15) is 0 Å². The Labute approximate surface area is 183 Å². The molecule has 1 unspecified atom stereocenters. The van der Waals surface area contributed by atoms with Gasteiger partial charge >= 0.3 is 0 Å². The predicted octanol–water partition coefficient (Wildman–Crippen LogP) is 0.355. The van der Waals surface area contributed by atoms with Gasteiger partial charge < -0.3 is 24.5 Å². The van der Waals surface area contributed by atoms with Crippen molar-refractivity contribution in [1.82, 2.24) is 19.3 Å². The van der Waals surface area contributed by atoms with E-state index in [9.17, 15) is 9.59 Å².